The molecule has 1 atom stereocenters. The van der Waals surface area contributed by atoms with Gasteiger partial charge in [0.2, 0.25) is 5.91 Å². The lowest BCUT2D eigenvalue weighted by atomic mass is 10.2. The predicted molar refractivity (Wildman–Crippen MR) is 85.8 cm³/mol. The van der Waals surface area contributed by atoms with Crippen molar-refractivity contribution in [2.75, 3.05) is 18.4 Å². The summed E-state index contributed by atoms with van der Waals surface area (Å²) >= 11 is 4.93. The van der Waals surface area contributed by atoms with Gasteiger partial charge in [0.15, 0.2) is 0 Å². The van der Waals surface area contributed by atoms with Crippen LogP contribution >= 0.6 is 12.2 Å². The van der Waals surface area contributed by atoms with E-state index in [4.69, 9.17) is 18.0 Å². The fourth-order valence-corrected chi connectivity index (χ4v) is 2.67. The number of likely N-dealkylation sites (tertiary alicyclic amines) is 1. The van der Waals surface area contributed by atoms with Gasteiger partial charge in [-0.3, -0.25) is 4.79 Å². The molecule has 0 bridgehead atoms. The maximum atomic E-state index is 12.0. The second kappa shape index (κ2) is 6.81. The fraction of sp³-hybridized carbons (Fsp3) is 0.467. The highest BCUT2D eigenvalue weighted by atomic mass is 32.1. The van der Waals surface area contributed by atoms with Crippen molar-refractivity contribution in [3.05, 3.63) is 29.8 Å². The second-order valence-electron chi connectivity index (χ2n) is 5.27. The molecule has 1 saturated heterocycles. The van der Waals surface area contributed by atoms with Crippen LogP contribution in [0.3, 0.4) is 0 Å². The SMILES string of the molecule is CC1CCCN1CCC(=O)Nc1cccc(C(N)=S)c1. The van der Waals surface area contributed by atoms with E-state index in [0.717, 1.165) is 24.3 Å². The van der Waals surface area contributed by atoms with Crippen LogP contribution < -0.4 is 11.1 Å². The number of hydrogen-bond acceptors (Lipinski definition) is 3. The van der Waals surface area contributed by atoms with Crippen LogP contribution in [-0.2, 0) is 4.79 Å². The first-order valence-electron chi connectivity index (χ1n) is 7.00. The van der Waals surface area contributed by atoms with E-state index in [1.54, 1.807) is 6.07 Å². The Kier molecular flexibility index (Phi) is 5.09. The van der Waals surface area contributed by atoms with Crippen LogP contribution in [0, 0.1) is 0 Å². The molecular weight excluding hydrogens is 270 g/mol. The van der Waals surface area contributed by atoms with Gasteiger partial charge in [-0.25, -0.2) is 0 Å². The Hall–Kier alpha value is -1.46. The maximum Gasteiger partial charge on any atom is 0.225 e. The third-order valence-corrected chi connectivity index (χ3v) is 3.98. The molecule has 20 heavy (non-hydrogen) atoms. The molecule has 1 unspecified atom stereocenters. The number of thiocarbonyl (C=S) groups is 1. The highest BCUT2D eigenvalue weighted by Crippen LogP contribution is 2.16. The summed E-state index contributed by atoms with van der Waals surface area (Å²) in [5.74, 6) is 0.0317. The highest BCUT2D eigenvalue weighted by Gasteiger charge is 2.20. The van der Waals surface area contributed by atoms with Crippen molar-refractivity contribution in [3.8, 4) is 0 Å². The van der Waals surface area contributed by atoms with Gasteiger partial charge in [-0.05, 0) is 38.4 Å². The van der Waals surface area contributed by atoms with Crippen molar-refractivity contribution < 1.29 is 4.79 Å². The molecule has 0 aromatic heterocycles. The first kappa shape index (κ1) is 14.9. The molecule has 1 amide bonds. The van der Waals surface area contributed by atoms with Gasteiger partial charge in [-0.1, -0.05) is 24.4 Å². The molecule has 3 N–H and O–H groups in total. The Labute approximate surface area is 125 Å². The summed E-state index contributed by atoms with van der Waals surface area (Å²) in [7, 11) is 0. The summed E-state index contributed by atoms with van der Waals surface area (Å²) in [4.78, 5) is 14.7. The first-order valence-corrected chi connectivity index (χ1v) is 7.41. The molecule has 1 aromatic rings. The summed E-state index contributed by atoms with van der Waals surface area (Å²) in [6.45, 7) is 4.14. The van der Waals surface area contributed by atoms with Gasteiger partial charge < -0.3 is 16.0 Å². The van der Waals surface area contributed by atoms with Gasteiger partial charge >= 0.3 is 0 Å². The minimum atomic E-state index is 0.0317. The molecule has 5 heteroatoms. The smallest absolute Gasteiger partial charge is 0.225 e. The topological polar surface area (TPSA) is 58.4 Å². The Morgan fingerprint density at radius 3 is 3.00 bits per heavy atom. The molecule has 0 spiro atoms. The Bertz CT molecular complexity index is 504. The fourth-order valence-electron chi connectivity index (χ4n) is 2.54. The Morgan fingerprint density at radius 2 is 2.35 bits per heavy atom. The second-order valence-corrected chi connectivity index (χ2v) is 5.71. The number of amides is 1. The van der Waals surface area contributed by atoms with E-state index < -0.39 is 0 Å². The summed E-state index contributed by atoms with van der Waals surface area (Å²) in [5.41, 5.74) is 7.10. The van der Waals surface area contributed by atoms with Crippen LogP contribution in [0.15, 0.2) is 24.3 Å². The largest absolute Gasteiger partial charge is 0.389 e. The lowest BCUT2D eigenvalue weighted by Crippen LogP contribution is -2.30. The average Bonchev–Trinajstić information content (AvgIpc) is 2.82. The molecule has 1 fully saturated rings. The number of hydrogen-bond donors (Lipinski definition) is 2. The number of nitrogens with two attached hydrogens (primary N) is 1. The lowest BCUT2D eigenvalue weighted by molar-refractivity contribution is -0.116. The molecule has 4 nitrogen and oxygen atoms in total. The number of carbonyl (C=O) groups is 1. The molecule has 1 aromatic carbocycles. The molecular formula is C15H21N3OS. The van der Waals surface area contributed by atoms with Crippen molar-refractivity contribution in [2.24, 2.45) is 5.73 Å². The van der Waals surface area contributed by atoms with Crippen LogP contribution in [0.1, 0.15) is 31.7 Å². The number of benzene rings is 1. The van der Waals surface area contributed by atoms with Crippen LogP contribution in [-0.4, -0.2) is 34.9 Å². The number of rotatable bonds is 5. The summed E-state index contributed by atoms with van der Waals surface area (Å²) in [6.07, 6.45) is 2.98. The molecule has 0 radical (unpaired) electrons. The average molecular weight is 291 g/mol. The van der Waals surface area contributed by atoms with Crippen molar-refractivity contribution in [2.45, 2.75) is 32.2 Å². The molecule has 108 valence electrons. The van der Waals surface area contributed by atoms with Gasteiger partial charge in [0.1, 0.15) is 4.99 Å². The first-order chi connectivity index (χ1) is 9.56. The van der Waals surface area contributed by atoms with Crippen molar-refractivity contribution in [1.82, 2.24) is 4.90 Å². The van der Waals surface area contributed by atoms with Crippen LogP contribution in [0.2, 0.25) is 0 Å². The van der Waals surface area contributed by atoms with Gasteiger partial charge in [-0.2, -0.15) is 0 Å². The molecule has 1 aliphatic rings. The molecule has 0 aliphatic carbocycles. The van der Waals surface area contributed by atoms with Gasteiger partial charge in [0.05, 0.1) is 0 Å². The number of anilines is 1. The van der Waals surface area contributed by atoms with Gasteiger partial charge in [-0.15, -0.1) is 0 Å². The van der Waals surface area contributed by atoms with E-state index in [2.05, 4.69) is 17.1 Å². The van der Waals surface area contributed by atoms with Crippen molar-refractivity contribution >= 4 is 28.8 Å². The predicted octanol–water partition coefficient (Wildman–Crippen LogP) is 2.13. The van der Waals surface area contributed by atoms with Gasteiger partial charge in [0, 0.05) is 30.3 Å². The Balaban J connectivity index is 1.85. The Morgan fingerprint density at radius 1 is 1.55 bits per heavy atom. The van der Waals surface area contributed by atoms with E-state index in [9.17, 15) is 4.79 Å². The van der Waals surface area contributed by atoms with Crippen LogP contribution in [0.5, 0.6) is 0 Å². The van der Waals surface area contributed by atoms with E-state index in [0.29, 0.717) is 17.5 Å². The zero-order chi connectivity index (χ0) is 14.5. The van der Waals surface area contributed by atoms with Crippen molar-refractivity contribution in [3.63, 3.8) is 0 Å². The zero-order valence-electron chi connectivity index (χ0n) is 11.8. The third-order valence-electron chi connectivity index (χ3n) is 3.75. The minimum Gasteiger partial charge on any atom is -0.389 e. The molecule has 0 saturated carbocycles. The normalized spacial score (nSPS) is 18.9. The van der Waals surface area contributed by atoms with Crippen LogP contribution in [0.25, 0.3) is 0 Å². The van der Waals surface area contributed by atoms with Crippen molar-refractivity contribution in [1.29, 1.82) is 0 Å². The lowest BCUT2D eigenvalue weighted by Gasteiger charge is -2.20. The maximum absolute atomic E-state index is 12.0. The number of nitrogens with one attached hydrogen (secondary N) is 1. The highest BCUT2D eigenvalue weighted by molar-refractivity contribution is 7.80. The van der Waals surface area contributed by atoms with Crippen LogP contribution in [0.4, 0.5) is 5.69 Å². The molecule has 1 heterocycles. The monoisotopic (exact) mass is 291 g/mol. The number of carbonyl (C=O) groups excluding carboxylic acids is 1. The molecule has 1 aliphatic heterocycles. The third kappa shape index (κ3) is 4.02. The van der Waals surface area contributed by atoms with E-state index in [-0.39, 0.29) is 5.91 Å². The zero-order valence-corrected chi connectivity index (χ0v) is 12.6. The minimum absolute atomic E-state index is 0.0317. The summed E-state index contributed by atoms with van der Waals surface area (Å²) in [5, 5.41) is 2.90. The quantitative estimate of drug-likeness (QED) is 0.816. The molecule has 2 rings (SSSR count). The summed E-state index contributed by atoms with van der Waals surface area (Å²) < 4.78 is 0. The number of nitrogens with zero attached hydrogens (tertiary/aromatic N) is 1. The standard InChI is InChI=1S/C15H21N3OS/c1-11-4-3-8-18(11)9-7-14(19)17-13-6-2-5-12(10-13)15(16)20/h2,5-6,10-11H,3-4,7-9H2,1H3,(H2,16,20)(H,17,19). The summed E-state index contributed by atoms with van der Waals surface area (Å²) in [6, 6.07) is 7.92. The van der Waals surface area contributed by atoms with E-state index >= 15 is 0 Å². The van der Waals surface area contributed by atoms with Gasteiger partial charge in [0.25, 0.3) is 0 Å². The van der Waals surface area contributed by atoms with E-state index in [1.165, 1.54) is 12.8 Å². The van der Waals surface area contributed by atoms with E-state index in [1.807, 2.05) is 18.2 Å².